The molecule has 1 aliphatic rings. The molecular weight excluding hydrogens is 310 g/mol. The van der Waals surface area contributed by atoms with Crippen molar-refractivity contribution in [3.05, 3.63) is 11.9 Å². The lowest BCUT2D eigenvalue weighted by molar-refractivity contribution is -0.136. The highest BCUT2D eigenvalue weighted by molar-refractivity contribution is 5.76. The van der Waals surface area contributed by atoms with Crippen LogP contribution in [0.15, 0.2) is 6.20 Å². The molecule has 8 heteroatoms. The van der Waals surface area contributed by atoms with Crippen LogP contribution in [0.1, 0.15) is 32.4 Å². The Morgan fingerprint density at radius 2 is 2.33 bits per heavy atom. The Kier molecular flexibility index (Phi) is 7.14. The van der Waals surface area contributed by atoms with Gasteiger partial charge in [0.1, 0.15) is 0 Å². The topological polar surface area (TPSA) is 92.5 Å². The number of hydrogen-bond donors (Lipinski definition) is 2. The lowest BCUT2D eigenvalue weighted by Crippen LogP contribution is -2.47. The van der Waals surface area contributed by atoms with Crippen molar-refractivity contribution in [1.82, 2.24) is 25.2 Å². The maximum Gasteiger partial charge on any atom is 0.222 e. The predicted molar refractivity (Wildman–Crippen MR) is 89.2 cm³/mol. The van der Waals surface area contributed by atoms with Gasteiger partial charge in [0.05, 0.1) is 37.3 Å². The summed E-state index contributed by atoms with van der Waals surface area (Å²) in [6.07, 6.45) is 2.81. The van der Waals surface area contributed by atoms with Crippen LogP contribution in [0.4, 0.5) is 0 Å². The second kappa shape index (κ2) is 9.10. The first kappa shape index (κ1) is 18.8. The maximum absolute atomic E-state index is 12.6. The lowest BCUT2D eigenvalue weighted by Gasteiger charge is -2.34. The van der Waals surface area contributed by atoms with Crippen molar-refractivity contribution in [2.75, 3.05) is 26.7 Å². The molecule has 0 aliphatic carbocycles. The van der Waals surface area contributed by atoms with Gasteiger partial charge in [-0.2, -0.15) is 0 Å². The number of aryl methyl sites for hydroxylation is 1. The highest BCUT2D eigenvalue weighted by Gasteiger charge is 2.27. The third kappa shape index (κ3) is 4.75. The highest BCUT2D eigenvalue weighted by Crippen LogP contribution is 2.17. The zero-order valence-electron chi connectivity index (χ0n) is 14.8. The van der Waals surface area contributed by atoms with Gasteiger partial charge in [-0.1, -0.05) is 12.1 Å². The van der Waals surface area contributed by atoms with Crippen molar-refractivity contribution in [2.45, 2.75) is 52.0 Å². The molecule has 1 aliphatic heterocycles. The molecule has 3 atom stereocenters. The third-order valence-electron chi connectivity index (χ3n) is 4.55. The van der Waals surface area contributed by atoms with Crippen molar-refractivity contribution in [3.8, 4) is 0 Å². The predicted octanol–water partition coefficient (Wildman–Crippen LogP) is 0.0220. The van der Waals surface area contributed by atoms with Crippen LogP contribution in [-0.2, 0) is 22.7 Å². The molecule has 136 valence electrons. The van der Waals surface area contributed by atoms with E-state index in [1.165, 1.54) is 0 Å². The minimum absolute atomic E-state index is 0.0385. The second-order valence-corrected chi connectivity index (χ2v) is 6.51. The molecule has 0 saturated heterocycles. The number of fused-ring (bicyclic) bond motifs is 1. The molecule has 1 aromatic heterocycles. The van der Waals surface area contributed by atoms with Gasteiger partial charge < -0.3 is 20.1 Å². The Morgan fingerprint density at radius 3 is 3.04 bits per heavy atom. The van der Waals surface area contributed by atoms with Crippen LogP contribution < -0.4 is 5.32 Å². The summed E-state index contributed by atoms with van der Waals surface area (Å²) in [6, 6.07) is -0.194. The molecule has 0 unspecified atom stereocenters. The van der Waals surface area contributed by atoms with E-state index < -0.39 is 0 Å². The van der Waals surface area contributed by atoms with Crippen LogP contribution >= 0.6 is 0 Å². The number of ether oxygens (including phenoxy) is 1. The summed E-state index contributed by atoms with van der Waals surface area (Å²) in [5.41, 5.74) is 0.928. The van der Waals surface area contributed by atoms with E-state index in [2.05, 4.69) is 22.6 Å². The molecule has 0 fully saturated rings. The van der Waals surface area contributed by atoms with E-state index in [1.54, 1.807) is 15.8 Å². The van der Waals surface area contributed by atoms with Gasteiger partial charge in [-0.05, 0) is 20.4 Å². The Morgan fingerprint density at radius 1 is 1.54 bits per heavy atom. The van der Waals surface area contributed by atoms with Gasteiger partial charge in [0, 0.05) is 32.0 Å². The summed E-state index contributed by atoms with van der Waals surface area (Å²) in [5, 5.41) is 20.7. The standard InChI is InChI=1S/C16H29N5O3/c1-12-9-20(13(2)10-22)16(23)5-4-6-21-14(7-18-19-21)11-24-15(12)8-17-3/h7,12-13,15,17,22H,4-6,8-11H2,1-3H3/t12-,13-,15+/m0/s1. The van der Waals surface area contributed by atoms with Crippen molar-refractivity contribution in [3.63, 3.8) is 0 Å². The van der Waals surface area contributed by atoms with Gasteiger partial charge in [0.25, 0.3) is 0 Å². The first-order valence-electron chi connectivity index (χ1n) is 8.60. The van der Waals surface area contributed by atoms with Crippen molar-refractivity contribution >= 4 is 5.91 Å². The van der Waals surface area contributed by atoms with Crippen LogP contribution in [0.25, 0.3) is 0 Å². The van der Waals surface area contributed by atoms with E-state index in [0.717, 1.165) is 5.69 Å². The van der Waals surface area contributed by atoms with Gasteiger partial charge in [0.2, 0.25) is 5.91 Å². The average molecular weight is 339 g/mol. The summed E-state index contributed by atoms with van der Waals surface area (Å²) in [4.78, 5) is 14.4. The molecule has 2 N–H and O–H groups in total. The fourth-order valence-corrected chi connectivity index (χ4v) is 2.97. The third-order valence-corrected chi connectivity index (χ3v) is 4.55. The Labute approximate surface area is 143 Å². The molecule has 0 spiro atoms. The SMILES string of the molecule is CNC[C@H]1OCc2cnnn2CCCC(=O)N([C@@H](C)CO)C[C@@H]1C. The number of carbonyl (C=O) groups excluding carboxylic acids is 1. The fraction of sp³-hybridized carbons (Fsp3) is 0.812. The van der Waals surface area contributed by atoms with Crippen LogP contribution in [0.5, 0.6) is 0 Å². The van der Waals surface area contributed by atoms with E-state index in [-0.39, 0.29) is 30.6 Å². The van der Waals surface area contributed by atoms with Crippen LogP contribution in [0.3, 0.4) is 0 Å². The van der Waals surface area contributed by atoms with E-state index in [4.69, 9.17) is 4.74 Å². The summed E-state index contributed by atoms with van der Waals surface area (Å²) in [7, 11) is 1.89. The Bertz CT molecular complexity index is 522. The molecule has 1 amide bonds. The summed E-state index contributed by atoms with van der Waals surface area (Å²) in [5.74, 6) is 0.202. The van der Waals surface area contributed by atoms with E-state index in [0.29, 0.717) is 39.1 Å². The largest absolute Gasteiger partial charge is 0.394 e. The van der Waals surface area contributed by atoms with Crippen molar-refractivity contribution < 1.29 is 14.6 Å². The molecule has 2 heterocycles. The number of aromatic nitrogens is 3. The number of nitrogens with one attached hydrogen (secondary N) is 1. The smallest absolute Gasteiger partial charge is 0.222 e. The molecule has 0 saturated carbocycles. The van der Waals surface area contributed by atoms with Gasteiger partial charge in [0.15, 0.2) is 0 Å². The van der Waals surface area contributed by atoms with E-state index >= 15 is 0 Å². The number of aliphatic hydroxyl groups excluding tert-OH is 1. The number of aliphatic hydroxyl groups is 1. The number of likely N-dealkylation sites (N-methyl/N-ethyl adjacent to an activating group) is 1. The van der Waals surface area contributed by atoms with E-state index in [1.807, 2.05) is 14.0 Å². The molecular formula is C16H29N5O3. The zero-order chi connectivity index (χ0) is 17.5. The molecule has 24 heavy (non-hydrogen) atoms. The normalized spacial score (nSPS) is 24.8. The van der Waals surface area contributed by atoms with Crippen LogP contribution in [0, 0.1) is 5.92 Å². The highest BCUT2D eigenvalue weighted by atomic mass is 16.5. The van der Waals surface area contributed by atoms with Crippen LogP contribution in [0.2, 0.25) is 0 Å². The fourth-order valence-electron chi connectivity index (χ4n) is 2.97. The van der Waals surface area contributed by atoms with Gasteiger partial charge >= 0.3 is 0 Å². The zero-order valence-corrected chi connectivity index (χ0v) is 14.8. The number of nitrogens with zero attached hydrogens (tertiary/aromatic N) is 4. The Balaban J connectivity index is 2.20. The molecule has 0 bridgehead atoms. The summed E-state index contributed by atoms with van der Waals surface area (Å²) < 4.78 is 7.89. The lowest BCUT2D eigenvalue weighted by atomic mass is 10.0. The maximum atomic E-state index is 12.6. The molecule has 0 radical (unpaired) electrons. The summed E-state index contributed by atoms with van der Waals surface area (Å²) >= 11 is 0. The minimum atomic E-state index is -0.194. The molecule has 2 rings (SSSR count). The molecule has 0 aromatic carbocycles. The minimum Gasteiger partial charge on any atom is -0.394 e. The Hall–Kier alpha value is -1.51. The molecule has 1 aromatic rings. The quantitative estimate of drug-likeness (QED) is 0.804. The average Bonchev–Trinajstić information content (AvgIpc) is 3.01. The van der Waals surface area contributed by atoms with Crippen LogP contribution in [-0.4, -0.2) is 69.8 Å². The first-order chi connectivity index (χ1) is 11.6. The second-order valence-electron chi connectivity index (χ2n) is 6.51. The molecule has 8 nitrogen and oxygen atoms in total. The van der Waals surface area contributed by atoms with E-state index in [9.17, 15) is 9.90 Å². The summed E-state index contributed by atoms with van der Waals surface area (Å²) in [6.45, 7) is 6.27. The van der Waals surface area contributed by atoms with Gasteiger partial charge in [-0.3, -0.25) is 4.79 Å². The number of amides is 1. The monoisotopic (exact) mass is 339 g/mol. The van der Waals surface area contributed by atoms with Crippen molar-refractivity contribution in [2.24, 2.45) is 5.92 Å². The van der Waals surface area contributed by atoms with Crippen molar-refractivity contribution in [1.29, 1.82) is 0 Å². The number of hydrogen-bond acceptors (Lipinski definition) is 6. The number of carbonyl (C=O) groups is 1. The first-order valence-corrected chi connectivity index (χ1v) is 8.60. The number of rotatable bonds is 4. The van der Waals surface area contributed by atoms with Gasteiger partial charge in [-0.15, -0.1) is 5.10 Å². The van der Waals surface area contributed by atoms with Gasteiger partial charge in [-0.25, -0.2) is 4.68 Å².